The summed E-state index contributed by atoms with van der Waals surface area (Å²) >= 11 is 0. The highest BCUT2D eigenvalue weighted by molar-refractivity contribution is 5.92. The fourth-order valence-corrected chi connectivity index (χ4v) is 9.40. The van der Waals surface area contributed by atoms with E-state index in [1.807, 2.05) is 12.1 Å². The Morgan fingerprint density at radius 2 is 1.93 bits per heavy atom. The number of ketones is 1. The second-order valence-electron chi connectivity index (χ2n) is 13.7. The van der Waals surface area contributed by atoms with Gasteiger partial charge in [0.1, 0.15) is 29.6 Å². The zero-order chi connectivity index (χ0) is 27.9. The van der Waals surface area contributed by atoms with Crippen molar-refractivity contribution in [1.82, 2.24) is 0 Å². The van der Waals surface area contributed by atoms with Gasteiger partial charge in [0.25, 0.3) is 0 Å². The maximum absolute atomic E-state index is 12.2. The lowest BCUT2D eigenvalue weighted by molar-refractivity contribution is -0.136. The summed E-state index contributed by atoms with van der Waals surface area (Å²) in [5.74, 6) is 5.75. The van der Waals surface area contributed by atoms with Crippen LogP contribution in [0.15, 0.2) is 41.8 Å². The minimum absolute atomic E-state index is 0.197. The van der Waals surface area contributed by atoms with E-state index in [0.717, 1.165) is 86.2 Å². The summed E-state index contributed by atoms with van der Waals surface area (Å²) < 4.78 is 11.2. The quantitative estimate of drug-likeness (QED) is 0.243. The maximum atomic E-state index is 12.2. The lowest BCUT2D eigenvalue weighted by atomic mass is 9.45. The number of hydrogen-bond acceptors (Lipinski definition) is 5. The van der Waals surface area contributed by atoms with E-state index in [0.29, 0.717) is 29.5 Å². The molecule has 216 valence electrons. The van der Waals surface area contributed by atoms with Crippen molar-refractivity contribution in [3.63, 3.8) is 0 Å². The second kappa shape index (κ2) is 11.0. The van der Waals surface area contributed by atoms with Crippen molar-refractivity contribution in [2.24, 2.45) is 39.7 Å². The van der Waals surface area contributed by atoms with Crippen molar-refractivity contribution in [1.29, 1.82) is 0 Å². The van der Waals surface area contributed by atoms with Gasteiger partial charge >= 0.3 is 0 Å². The first-order valence-corrected chi connectivity index (χ1v) is 15.8. The lowest BCUT2D eigenvalue weighted by Gasteiger charge is -2.59. The van der Waals surface area contributed by atoms with Crippen molar-refractivity contribution in [2.45, 2.75) is 97.3 Å². The largest absolute Gasteiger partial charge is 0.497 e. The van der Waals surface area contributed by atoms with Crippen LogP contribution in [-0.2, 0) is 9.63 Å². The van der Waals surface area contributed by atoms with Crippen molar-refractivity contribution < 1.29 is 19.1 Å². The normalized spacial score (nSPS) is 35.7. The van der Waals surface area contributed by atoms with E-state index in [1.165, 1.54) is 43.4 Å². The number of carbonyl (C=O) groups excluding carboxylic acids is 1. The number of fused-ring (bicyclic) bond motifs is 6. The molecule has 5 heteroatoms. The number of nitrogens with zero attached hydrogens (tertiary/aromatic N) is 1. The van der Waals surface area contributed by atoms with Gasteiger partial charge in [0.2, 0.25) is 0 Å². The standard InChI is InChI=1S/C35H47NO4/c1-23-20-24(28-12-10-27(38-4)22-32(28)40-23)8-6-5-7-19-39-36-33-14-13-30-29-11-9-25-21-26(37)15-17-34(25,2)31(29)16-18-35(30,33)3/h10,12,20,22,25,29-31H,1,5-9,11,13-19,21H2,2-4H3/b36-33-/t25-,29-,30-,31-,34-,35-/m0/s1. The molecule has 1 aromatic carbocycles. The molecule has 5 aliphatic rings. The van der Waals surface area contributed by atoms with E-state index in [-0.39, 0.29) is 5.41 Å². The number of Topliss-reactive ketones (excluding diaryl/α,β-unsaturated/α-hetero) is 1. The Morgan fingerprint density at radius 3 is 2.77 bits per heavy atom. The first kappa shape index (κ1) is 27.6. The first-order valence-electron chi connectivity index (χ1n) is 15.8. The highest BCUT2D eigenvalue weighted by atomic mass is 16.6. The zero-order valence-electron chi connectivity index (χ0n) is 24.8. The summed E-state index contributed by atoms with van der Waals surface area (Å²) in [4.78, 5) is 18.1. The monoisotopic (exact) mass is 545 g/mol. The molecule has 0 saturated heterocycles. The van der Waals surface area contributed by atoms with E-state index in [2.05, 4.69) is 32.6 Å². The molecule has 1 aliphatic heterocycles. The van der Waals surface area contributed by atoms with Crippen LogP contribution in [0.1, 0.15) is 103 Å². The van der Waals surface area contributed by atoms with E-state index < -0.39 is 0 Å². The number of allylic oxidation sites excluding steroid dienone is 2. The summed E-state index contributed by atoms with van der Waals surface area (Å²) in [7, 11) is 1.67. The molecule has 0 amide bonds. The highest BCUT2D eigenvalue weighted by Gasteiger charge is 2.59. The molecule has 40 heavy (non-hydrogen) atoms. The van der Waals surface area contributed by atoms with Crippen LogP contribution in [0.3, 0.4) is 0 Å². The van der Waals surface area contributed by atoms with Gasteiger partial charge in [-0.05, 0) is 123 Å². The van der Waals surface area contributed by atoms with Gasteiger partial charge in [0, 0.05) is 29.9 Å². The fraction of sp³-hybridized carbons (Fsp3) is 0.657. The predicted octanol–water partition coefficient (Wildman–Crippen LogP) is 8.53. The smallest absolute Gasteiger partial charge is 0.138 e. The van der Waals surface area contributed by atoms with E-state index in [1.54, 1.807) is 7.11 Å². The predicted molar refractivity (Wildman–Crippen MR) is 159 cm³/mol. The number of methoxy groups -OCH3 is 1. The molecular weight excluding hydrogens is 498 g/mol. The van der Waals surface area contributed by atoms with Crippen LogP contribution >= 0.6 is 0 Å². The van der Waals surface area contributed by atoms with E-state index >= 15 is 0 Å². The van der Waals surface area contributed by atoms with Gasteiger partial charge in [0.15, 0.2) is 0 Å². The van der Waals surface area contributed by atoms with Gasteiger partial charge in [-0.3, -0.25) is 4.79 Å². The molecule has 6 rings (SSSR count). The average molecular weight is 546 g/mol. The number of carbonyl (C=O) groups is 1. The molecule has 4 saturated carbocycles. The van der Waals surface area contributed by atoms with Crippen molar-refractivity contribution in [3.05, 3.63) is 42.2 Å². The molecule has 0 unspecified atom stereocenters. The lowest BCUT2D eigenvalue weighted by Crippen LogP contribution is -2.53. The van der Waals surface area contributed by atoms with Crippen LogP contribution < -0.4 is 9.47 Å². The van der Waals surface area contributed by atoms with E-state index in [4.69, 9.17) is 19.5 Å². The van der Waals surface area contributed by atoms with Crippen LogP contribution in [0.2, 0.25) is 0 Å². The number of hydrogen-bond donors (Lipinski definition) is 0. The third-order valence-corrected chi connectivity index (χ3v) is 11.7. The molecule has 0 aromatic heterocycles. The van der Waals surface area contributed by atoms with Gasteiger partial charge in [0.05, 0.1) is 12.8 Å². The van der Waals surface area contributed by atoms with E-state index in [9.17, 15) is 4.79 Å². The molecule has 0 radical (unpaired) electrons. The van der Waals surface area contributed by atoms with Crippen molar-refractivity contribution in [2.75, 3.05) is 13.7 Å². The minimum atomic E-state index is 0.197. The Morgan fingerprint density at radius 1 is 1.05 bits per heavy atom. The molecule has 6 atom stereocenters. The topological polar surface area (TPSA) is 57.1 Å². The Labute approximate surface area is 240 Å². The van der Waals surface area contributed by atoms with Gasteiger partial charge in [-0.15, -0.1) is 0 Å². The minimum Gasteiger partial charge on any atom is -0.497 e. The van der Waals surface area contributed by atoms with Crippen LogP contribution in [0.4, 0.5) is 0 Å². The molecule has 0 spiro atoms. The number of benzene rings is 1. The molecule has 4 aliphatic carbocycles. The Hall–Kier alpha value is -2.56. The SMILES string of the molecule is C=C1C=C(CCCCCO/N=C2/CC[C@H]3[C@@H]4CC[C@H]5CC(=O)CC[C@]5(C)[C@H]4CC[C@]23C)c2ccc(OC)cc2O1. The van der Waals surface area contributed by atoms with Crippen LogP contribution in [0.25, 0.3) is 5.57 Å². The summed E-state index contributed by atoms with van der Waals surface area (Å²) in [6.45, 7) is 9.71. The maximum Gasteiger partial charge on any atom is 0.138 e. The summed E-state index contributed by atoms with van der Waals surface area (Å²) in [5, 5.41) is 4.79. The molecule has 1 heterocycles. The van der Waals surface area contributed by atoms with Crippen molar-refractivity contribution in [3.8, 4) is 11.5 Å². The summed E-state index contributed by atoms with van der Waals surface area (Å²) in [6.07, 6.45) is 16.5. The number of rotatable bonds is 8. The van der Waals surface area contributed by atoms with Gasteiger partial charge in [-0.1, -0.05) is 25.6 Å². The third-order valence-electron chi connectivity index (χ3n) is 11.7. The zero-order valence-corrected chi connectivity index (χ0v) is 24.8. The number of oxime groups is 1. The highest BCUT2D eigenvalue weighted by Crippen LogP contribution is 2.65. The number of unbranched alkanes of at least 4 members (excludes halogenated alkanes) is 2. The summed E-state index contributed by atoms with van der Waals surface area (Å²) in [5.41, 5.74) is 4.30. The molecule has 0 N–H and O–H groups in total. The summed E-state index contributed by atoms with van der Waals surface area (Å²) in [6, 6.07) is 6.00. The molecule has 5 nitrogen and oxygen atoms in total. The fourth-order valence-electron chi connectivity index (χ4n) is 9.40. The molecule has 1 aromatic rings. The van der Waals surface area contributed by atoms with Gasteiger partial charge in [-0.25, -0.2) is 0 Å². The Kier molecular flexibility index (Phi) is 7.61. The molecular formula is C35H47NO4. The second-order valence-corrected chi connectivity index (χ2v) is 13.7. The van der Waals surface area contributed by atoms with Crippen LogP contribution in [-0.4, -0.2) is 25.2 Å². The van der Waals surface area contributed by atoms with Crippen molar-refractivity contribution >= 4 is 17.1 Å². The number of ether oxygens (including phenoxy) is 2. The van der Waals surface area contributed by atoms with Crippen LogP contribution in [0.5, 0.6) is 11.5 Å². The molecule has 4 fully saturated rings. The van der Waals surface area contributed by atoms with Crippen LogP contribution in [0, 0.1) is 34.5 Å². The molecule has 0 bridgehead atoms. The van der Waals surface area contributed by atoms with Gasteiger partial charge < -0.3 is 14.3 Å². The Bertz CT molecular complexity index is 1220. The Balaban J connectivity index is 0.986. The first-order chi connectivity index (χ1) is 19.3. The third kappa shape index (κ3) is 4.92. The van der Waals surface area contributed by atoms with Gasteiger partial charge in [-0.2, -0.15) is 0 Å². The average Bonchev–Trinajstić information content (AvgIpc) is 3.28.